The summed E-state index contributed by atoms with van der Waals surface area (Å²) in [6, 6.07) is 3.83. The Kier molecular flexibility index (Phi) is 4.88. The molecule has 0 spiro atoms. The SMILES string of the molecule is CC(C)(C)SCc1nc(-c2ccc(CC(=O)O)s2)cs1. The number of carboxylic acid groups (broad SMARTS) is 1. The molecule has 3 nitrogen and oxygen atoms in total. The van der Waals surface area contributed by atoms with Crippen molar-refractivity contribution in [2.45, 2.75) is 37.7 Å². The fourth-order valence-corrected chi connectivity index (χ4v) is 4.21. The number of carbonyl (C=O) groups is 1. The first-order valence-corrected chi connectivity index (χ1v) is 8.91. The number of aromatic nitrogens is 1. The molecule has 0 unspecified atom stereocenters. The van der Waals surface area contributed by atoms with Gasteiger partial charge in [0.05, 0.1) is 17.0 Å². The molecule has 0 radical (unpaired) electrons. The topological polar surface area (TPSA) is 50.2 Å². The van der Waals surface area contributed by atoms with Crippen LogP contribution in [-0.2, 0) is 17.0 Å². The lowest BCUT2D eigenvalue weighted by Gasteiger charge is -2.16. The number of hydrogen-bond donors (Lipinski definition) is 1. The predicted octanol–water partition coefficient (Wildman–Crippen LogP) is 4.53. The van der Waals surface area contributed by atoms with Gasteiger partial charge in [-0.25, -0.2) is 4.98 Å². The van der Waals surface area contributed by atoms with Gasteiger partial charge in [-0.3, -0.25) is 4.79 Å². The third-order valence-corrected chi connectivity index (χ3v) is 5.84. The normalized spacial score (nSPS) is 11.8. The van der Waals surface area contributed by atoms with Crippen LogP contribution in [0.15, 0.2) is 17.5 Å². The van der Waals surface area contributed by atoms with Crippen molar-refractivity contribution in [2.24, 2.45) is 0 Å². The summed E-state index contributed by atoms with van der Waals surface area (Å²) in [5, 5.41) is 12.0. The van der Waals surface area contributed by atoms with Crippen molar-refractivity contribution in [1.29, 1.82) is 0 Å². The molecule has 108 valence electrons. The molecular formula is C14H17NO2S3. The van der Waals surface area contributed by atoms with Crippen LogP contribution in [0.3, 0.4) is 0 Å². The third kappa shape index (κ3) is 4.61. The smallest absolute Gasteiger partial charge is 0.308 e. The number of thiophene rings is 1. The van der Waals surface area contributed by atoms with Gasteiger partial charge in [0.15, 0.2) is 0 Å². The van der Waals surface area contributed by atoms with E-state index in [2.05, 4.69) is 31.1 Å². The number of thiazole rings is 1. The Balaban J connectivity index is 2.05. The van der Waals surface area contributed by atoms with Crippen molar-refractivity contribution >= 4 is 40.4 Å². The number of hydrogen-bond acceptors (Lipinski definition) is 5. The van der Waals surface area contributed by atoms with Gasteiger partial charge in [-0.15, -0.1) is 34.4 Å². The molecule has 0 aromatic carbocycles. The van der Waals surface area contributed by atoms with E-state index < -0.39 is 5.97 Å². The summed E-state index contributed by atoms with van der Waals surface area (Å²) in [5.41, 5.74) is 0.959. The van der Waals surface area contributed by atoms with E-state index in [-0.39, 0.29) is 11.2 Å². The van der Waals surface area contributed by atoms with Gasteiger partial charge in [-0.05, 0) is 12.1 Å². The summed E-state index contributed by atoms with van der Waals surface area (Å²) in [4.78, 5) is 17.2. The monoisotopic (exact) mass is 327 g/mol. The standard InChI is InChI=1S/C14H17NO2S3/c1-14(2,3)19-8-12-15-10(7-18-12)11-5-4-9(20-11)6-13(16)17/h4-5,7H,6,8H2,1-3H3,(H,16,17). The molecule has 0 aliphatic rings. The summed E-state index contributed by atoms with van der Waals surface area (Å²) in [6.07, 6.45) is 0.0849. The lowest BCUT2D eigenvalue weighted by atomic mass is 10.3. The second-order valence-corrected chi connectivity index (χ2v) is 9.28. The van der Waals surface area contributed by atoms with Crippen LogP contribution >= 0.6 is 34.4 Å². The number of rotatable bonds is 5. The van der Waals surface area contributed by atoms with Crippen molar-refractivity contribution in [3.8, 4) is 10.6 Å². The van der Waals surface area contributed by atoms with Crippen molar-refractivity contribution in [3.63, 3.8) is 0 Å². The molecule has 0 bridgehead atoms. The van der Waals surface area contributed by atoms with E-state index in [9.17, 15) is 4.79 Å². The Labute approximate surface area is 131 Å². The molecule has 0 saturated heterocycles. The molecule has 0 fully saturated rings. The molecule has 0 aliphatic heterocycles. The van der Waals surface area contributed by atoms with Crippen molar-refractivity contribution in [1.82, 2.24) is 4.98 Å². The zero-order valence-corrected chi connectivity index (χ0v) is 14.1. The maximum absolute atomic E-state index is 10.7. The molecule has 0 amide bonds. The summed E-state index contributed by atoms with van der Waals surface area (Å²) < 4.78 is 0.240. The van der Waals surface area contributed by atoms with Gasteiger partial charge in [0.1, 0.15) is 5.01 Å². The van der Waals surface area contributed by atoms with Crippen LogP contribution in [-0.4, -0.2) is 20.8 Å². The summed E-state index contributed by atoms with van der Waals surface area (Å²) >= 11 is 5.06. The zero-order chi connectivity index (χ0) is 14.8. The van der Waals surface area contributed by atoms with Crippen LogP contribution in [0.4, 0.5) is 0 Å². The Morgan fingerprint density at radius 2 is 2.15 bits per heavy atom. The summed E-state index contributed by atoms with van der Waals surface area (Å²) in [6.45, 7) is 6.59. The summed E-state index contributed by atoms with van der Waals surface area (Å²) in [7, 11) is 0. The Hall–Kier alpha value is -0.850. The highest BCUT2D eigenvalue weighted by molar-refractivity contribution is 7.99. The molecular weight excluding hydrogens is 310 g/mol. The minimum Gasteiger partial charge on any atom is -0.481 e. The van der Waals surface area contributed by atoms with E-state index in [4.69, 9.17) is 5.11 Å². The van der Waals surface area contributed by atoms with E-state index >= 15 is 0 Å². The fourth-order valence-electron chi connectivity index (χ4n) is 1.53. The molecule has 2 rings (SSSR count). The number of aliphatic carboxylic acids is 1. The van der Waals surface area contributed by atoms with Crippen LogP contribution in [0.2, 0.25) is 0 Å². The Morgan fingerprint density at radius 3 is 2.80 bits per heavy atom. The van der Waals surface area contributed by atoms with E-state index in [1.807, 2.05) is 23.9 Å². The number of thioether (sulfide) groups is 1. The molecule has 2 heterocycles. The van der Waals surface area contributed by atoms with Crippen LogP contribution in [0.5, 0.6) is 0 Å². The average molecular weight is 327 g/mol. The van der Waals surface area contributed by atoms with Gasteiger partial charge in [0, 0.05) is 20.8 Å². The van der Waals surface area contributed by atoms with Gasteiger partial charge < -0.3 is 5.11 Å². The Morgan fingerprint density at radius 1 is 1.40 bits per heavy atom. The molecule has 2 aromatic heterocycles. The van der Waals surface area contributed by atoms with Gasteiger partial charge in [0.2, 0.25) is 0 Å². The fraction of sp³-hybridized carbons (Fsp3) is 0.429. The van der Waals surface area contributed by atoms with Crippen LogP contribution in [0, 0.1) is 0 Å². The van der Waals surface area contributed by atoms with Crippen molar-refractivity contribution < 1.29 is 9.90 Å². The minimum atomic E-state index is -0.793. The third-order valence-electron chi connectivity index (χ3n) is 2.42. The summed E-state index contributed by atoms with van der Waals surface area (Å²) in [5.74, 6) is 0.126. The van der Waals surface area contributed by atoms with Gasteiger partial charge in [-0.1, -0.05) is 20.8 Å². The highest BCUT2D eigenvalue weighted by Gasteiger charge is 2.13. The maximum Gasteiger partial charge on any atom is 0.308 e. The number of carboxylic acids is 1. The van der Waals surface area contributed by atoms with Gasteiger partial charge in [-0.2, -0.15) is 0 Å². The predicted molar refractivity (Wildman–Crippen MR) is 87.8 cm³/mol. The van der Waals surface area contributed by atoms with Gasteiger partial charge in [0.25, 0.3) is 0 Å². The molecule has 0 aliphatic carbocycles. The lowest BCUT2D eigenvalue weighted by molar-refractivity contribution is -0.136. The molecule has 0 saturated carbocycles. The first-order valence-electron chi connectivity index (χ1n) is 6.23. The molecule has 1 N–H and O–H groups in total. The molecule has 6 heteroatoms. The minimum absolute atomic E-state index is 0.0849. The van der Waals surface area contributed by atoms with Crippen LogP contribution in [0.1, 0.15) is 30.7 Å². The van der Waals surface area contributed by atoms with Crippen molar-refractivity contribution in [2.75, 3.05) is 0 Å². The quantitative estimate of drug-likeness (QED) is 0.876. The molecule has 2 aromatic rings. The first kappa shape index (κ1) is 15.5. The van der Waals surface area contributed by atoms with Crippen LogP contribution < -0.4 is 0 Å². The van der Waals surface area contributed by atoms with E-state index in [0.717, 1.165) is 26.2 Å². The average Bonchev–Trinajstić information content (AvgIpc) is 2.92. The number of nitrogens with zero attached hydrogens (tertiary/aromatic N) is 1. The largest absolute Gasteiger partial charge is 0.481 e. The molecule has 0 atom stereocenters. The van der Waals surface area contributed by atoms with Crippen molar-refractivity contribution in [3.05, 3.63) is 27.4 Å². The zero-order valence-electron chi connectivity index (χ0n) is 11.7. The van der Waals surface area contributed by atoms with E-state index in [0.29, 0.717) is 0 Å². The second kappa shape index (κ2) is 6.28. The highest BCUT2D eigenvalue weighted by Crippen LogP contribution is 2.32. The van der Waals surface area contributed by atoms with Crippen LogP contribution in [0.25, 0.3) is 10.6 Å². The maximum atomic E-state index is 10.7. The van der Waals surface area contributed by atoms with Gasteiger partial charge >= 0.3 is 5.97 Å². The molecule has 20 heavy (non-hydrogen) atoms. The Bertz CT molecular complexity index is 596. The highest BCUT2D eigenvalue weighted by atomic mass is 32.2. The second-order valence-electron chi connectivity index (χ2n) is 5.36. The lowest BCUT2D eigenvalue weighted by Crippen LogP contribution is -2.07. The van der Waals surface area contributed by atoms with E-state index in [1.54, 1.807) is 11.3 Å². The van der Waals surface area contributed by atoms with E-state index in [1.165, 1.54) is 11.3 Å². The first-order chi connectivity index (χ1) is 9.33.